The number of benzene rings is 2. The van der Waals surface area contributed by atoms with Gasteiger partial charge in [-0.3, -0.25) is 9.59 Å². The van der Waals surface area contributed by atoms with Gasteiger partial charge >= 0.3 is 0 Å². The first-order valence-corrected chi connectivity index (χ1v) is 9.07. The SMILES string of the molecule is COCc1cccc(CNC(=O)c2nn(-c3ccc(Cl)cc3)c(C)cc2=O)c1. The molecule has 7 heteroatoms. The number of carbonyl (C=O) groups is 1. The third-order valence-corrected chi connectivity index (χ3v) is 4.40. The first kappa shape index (κ1) is 19.8. The van der Waals surface area contributed by atoms with Gasteiger partial charge in [-0.1, -0.05) is 35.9 Å². The number of nitrogens with zero attached hydrogens (tertiary/aromatic N) is 2. The van der Waals surface area contributed by atoms with Crippen LogP contribution in [0.3, 0.4) is 0 Å². The highest BCUT2D eigenvalue weighted by Crippen LogP contribution is 2.14. The van der Waals surface area contributed by atoms with Crippen molar-refractivity contribution in [3.05, 3.63) is 92.4 Å². The van der Waals surface area contributed by atoms with Crippen molar-refractivity contribution in [2.75, 3.05) is 7.11 Å². The molecule has 0 saturated carbocycles. The number of nitrogens with one attached hydrogen (secondary N) is 1. The Labute approximate surface area is 167 Å². The summed E-state index contributed by atoms with van der Waals surface area (Å²) >= 11 is 5.92. The van der Waals surface area contributed by atoms with Crippen molar-refractivity contribution in [3.8, 4) is 5.69 Å². The molecule has 0 aliphatic carbocycles. The molecular formula is C21H20ClN3O3. The molecule has 3 rings (SSSR count). The summed E-state index contributed by atoms with van der Waals surface area (Å²) in [4.78, 5) is 24.9. The lowest BCUT2D eigenvalue weighted by molar-refractivity contribution is 0.0943. The summed E-state index contributed by atoms with van der Waals surface area (Å²) in [5.74, 6) is -0.523. The maximum absolute atomic E-state index is 12.6. The van der Waals surface area contributed by atoms with E-state index < -0.39 is 11.3 Å². The van der Waals surface area contributed by atoms with Gasteiger partial charge in [-0.15, -0.1) is 0 Å². The van der Waals surface area contributed by atoms with Crippen molar-refractivity contribution >= 4 is 17.5 Å². The third kappa shape index (κ3) is 4.65. The van der Waals surface area contributed by atoms with Crippen molar-refractivity contribution in [2.24, 2.45) is 0 Å². The first-order chi connectivity index (χ1) is 13.5. The fourth-order valence-corrected chi connectivity index (χ4v) is 2.94. The molecule has 1 N–H and O–H groups in total. The minimum absolute atomic E-state index is 0.159. The number of amides is 1. The second kappa shape index (κ2) is 8.82. The Morgan fingerprint density at radius 3 is 2.57 bits per heavy atom. The molecule has 0 spiro atoms. The van der Waals surface area contributed by atoms with Gasteiger partial charge in [0.25, 0.3) is 5.91 Å². The largest absolute Gasteiger partial charge is 0.380 e. The van der Waals surface area contributed by atoms with Gasteiger partial charge in [-0.2, -0.15) is 5.10 Å². The lowest BCUT2D eigenvalue weighted by atomic mass is 10.1. The highest BCUT2D eigenvalue weighted by atomic mass is 35.5. The summed E-state index contributed by atoms with van der Waals surface area (Å²) in [6.07, 6.45) is 0. The van der Waals surface area contributed by atoms with Crippen molar-refractivity contribution < 1.29 is 9.53 Å². The van der Waals surface area contributed by atoms with Crippen molar-refractivity contribution in [1.29, 1.82) is 0 Å². The molecule has 144 valence electrons. The van der Waals surface area contributed by atoms with Gasteiger partial charge in [0.15, 0.2) is 5.69 Å². The van der Waals surface area contributed by atoms with Gasteiger partial charge in [0, 0.05) is 30.4 Å². The van der Waals surface area contributed by atoms with Crippen LogP contribution in [-0.2, 0) is 17.9 Å². The van der Waals surface area contributed by atoms with Gasteiger partial charge < -0.3 is 10.1 Å². The van der Waals surface area contributed by atoms with Crippen LogP contribution in [0, 0.1) is 6.92 Å². The molecule has 3 aromatic rings. The van der Waals surface area contributed by atoms with Crippen molar-refractivity contribution in [1.82, 2.24) is 15.1 Å². The number of methoxy groups -OCH3 is 1. The molecule has 0 unspecified atom stereocenters. The predicted octanol–water partition coefficient (Wildman–Crippen LogP) is 3.27. The average Bonchev–Trinajstić information content (AvgIpc) is 2.68. The van der Waals surface area contributed by atoms with Crippen molar-refractivity contribution in [2.45, 2.75) is 20.1 Å². The van der Waals surface area contributed by atoms with E-state index in [0.29, 0.717) is 23.0 Å². The van der Waals surface area contributed by atoms with E-state index >= 15 is 0 Å². The molecule has 0 aliphatic rings. The Morgan fingerprint density at radius 2 is 1.86 bits per heavy atom. The number of halogens is 1. The smallest absolute Gasteiger partial charge is 0.276 e. The summed E-state index contributed by atoms with van der Waals surface area (Å²) in [5.41, 5.74) is 2.67. The zero-order valence-corrected chi connectivity index (χ0v) is 16.4. The second-order valence-corrected chi connectivity index (χ2v) is 6.76. The highest BCUT2D eigenvalue weighted by molar-refractivity contribution is 6.30. The number of ether oxygens (including phenoxy) is 1. The molecule has 2 aromatic carbocycles. The molecule has 6 nitrogen and oxygen atoms in total. The summed E-state index contributed by atoms with van der Waals surface area (Å²) in [6, 6.07) is 16.1. The van der Waals surface area contributed by atoms with Gasteiger partial charge in [0.1, 0.15) is 0 Å². The Morgan fingerprint density at radius 1 is 1.14 bits per heavy atom. The molecular weight excluding hydrogens is 378 g/mol. The lowest BCUT2D eigenvalue weighted by Gasteiger charge is -2.12. The van der Waals surface area contributed by atoms with Crippen LogP contribution in [0.2, 0.25) is 5.02 Å². The van der Waals surface area contributed by atoms with Crippen LogP contribution in [0.15, 0.2) is 59.4 Å². The maximum Gasteiger partial charge on any atom is 0.276 e. The van der Waals surface area contributed by atoms with E-state index in [2.05, 4.69) is 10.4 Å². The van der Waals surface area contributed by atoms with E-state index in [9.17, 15) is 9.59 Å². The number of aromatic nitrogens is 2. The minimum Gasteiger partial charge on any atom is -0.380 e. The molecule has 0 aliphatic heterocycles. The number of carbonyl (C=O) groups excluding carboxylic acids is 1. The normalized spacial score (nSPS) is 10.7. The van der Waals surface area contributed by atoms with Gasteiger partial charge in [0.2, 0.25) is 5.43 Å². The van der Waals surface area contributed by atoms with Crippen LogP contribution in [0.1, 0.15) is 27.3 Å². The second-order valence-electron chi connectivity index (χ2n) is 6.32. The van der Waals surface area contributed by atoms with Crippen LogP contribution in [0.5, 0.6) is 0 Å². The van der Waals surface area contributed by atoms with Crippen LogP contribution in [-0.4, -0.2) is 22.8 Å². The fraction of sp³-hybridized carbons (Fsp3) is 0.190. The predicted molar refractivity (Wildman–Crippen MR) is 108 cm³/mol. The highest BCUT2D eigenvalue weighted by Gasteiger charge is 2.15. The Kier molecular flexibility index (Phi) is 6.23. The molecule has 28 heavy (non-hydrogen) atoms. The van der Waals surface area contributed by atoms with Crippen LogP contribution >= 0.6 is 11.6 Å². The molecule has 1 heterocycles. The number of aryl methyl sites for hydroxylation is 1. The molecule has 0 fully saturated rings. The summed E-state index contributed by atoms with van der Waals surface area (Å²) < 4.78 is 6.67. The molecule has 0 saturated heterocycles. The van der Waals surface area contributed by atoms with E-state index in [4.69, 9.17) is 16.3 Å². The summed E-state index contributed by atoms with van der Waals surface area (Å²) in [6.45, 7) is 2.53. The Balaban J connectivity index is 1.81. The summed E-state index contributed by atoms with van der Waals surface area (Å²) in [7, 11) is 1.63. The molecule has 0 bridgehead atoms. The summed E-state index contributed by atoms with van der Waals surface area (Å²) in [5, 5.41) is 7.61. The zero-order chi connectivity index (χ0) is 20.1. The fourth-order valence-electron chi connectivity index (χ4n) is 2.81. The molecule has 1 amide bonds. The zero-order valence-electron chi connectivity index (χ0n) is 15.6. The standard InChI is InChI=1S/C21H20ClN3O3/c1-14-10-19(26)20(24-25(14)18-8-6-17(22)7-9-18)21(27)23-12-15-4-3-5-16(11-15)13-28-2/h3-11H,12-13H2,1-2H3,(H,23,27). The number of hydrogen-bond donors (Lipinski definition) is 1. The molecule has 0 atom stereocenters. The molecule has 1 aromatic heterocycles. The first-order valence-electron chi connectivity index (χ1n) is 8.70. The average molecular weight is 398 g/mol. The minimum atomic E-state index is -0.523. The maximum atomic E-state index is 12.6. The van der Waals surface area contributed by atoms with Crippen LogP contribution in [0.25, 0.3) is 5.69 Å². The van der Waals surface area contributed by atoms with Crippen LogP contribution in [0.4, 0.5) is 0 Å². The van der Waals surface area contributed by atoms with E-state index in [-0.39, 0.29) is 12.2 Å². The monoisotopic (exact) mass is 397 g/mol. The van der Waals surface area contributed by atoms with Gasteiger partial charge in [-0.05, 0) is 42.3 Å². The number of rotatable bonds is 6. The third-order valence-electron chi connectivity index (χ3n) is 4.15. The van der Waals surface area contributed by atoms with E-state index in [0.717, 1.165) is 11.1 Å². The quantitative estimate of drug-likeness (QED) is 0.692. The Hall–Kier alpha value is -2.96. The van der Waals surface area contributed by atoms with Crippen molar-refractivity contribution in [3.63, 3.8) is 0 Å². The Bertz CT molecular complexity index is 1050. The number of hydrogen-bond acceptors (Lipinski definition) is 4. The van der Waals surface area contributed by atoms with Gasteiger partial charge in [-0.25, -0.2) is 4.68 Å². The lowest BCUT2D eigenvalue weighted by Crippen LogP contribution is -2.31. The topological polar surface area (TPSA) is 73.2 Å². The molecule has 0 radical (unpaired) electrons. The van der Waals surface area contributed by atoms with Crippen LogP contribution < -0.4 is 10.7 Å². The van der Waals surface area contributed by atoms with E-state index in [1.165, 1.54) is 6.07 Å². The van der Waals surface area contributed by atoms with E-state index in [1.54, 1.807) is 43.0 Å². The van der Waals surface area contributed by atoms with Gasteiger partial charge in [0.05, 0.1) is 12.3 Å². The van der Waals surface area contributed by atoms with E-state index in [1.807, 2.05) is 24.3 Å².